The highest BCUT2D eigenvalue weighted by Gasteiger charge is 2.34. The lowest BCUT2D eigenvalue weighted by atomic mass is 9.91. The number of aliphatic hydroxyl groups is 1. The van der Waals surface area contributed by atoms with Gasteiger partial charge in [-0.1, -0.05) is 25.0 Å². The van der Waals surface area contributed by atoms with Gasteiger partial charge in [0.25, 0.3) is 0 Å². The molecule has 1 aliphatic carbocycles. The number of rotatable bonds is 6. The Hall–Kier alpha value is -1.10. The standard InChI is InChI=1S/C20H31NO3/c1-15-13-16(7-8-19(15)23-2)10-12-24-20-6-4-3-5-18(20)21-11-9-17(22)14-21/h7-8,13,17-18,20,22H,3-6,9-12,14H2,1-2H3/t17-,18+,20+/m1/s1. The Morgan fingerprint density at radius 1 is 1.21 bits per heavy atom. The van der Waals surface area contributed by atoms with E-state index in [1.165, 1.54) is 30.4 Å². The molecule has 3 rings (SSSR count). The molecule has 1 heterocycles. The summed E-state index contributed by atoms with van der Waals surface area (Å²) in [5, 5.41) is 9.82. The molecular formula is C20H31NO3. The first-order valence-electron chi connectivity index (χ1n) is 9.34. The largest absolute Gasteiger partial charge is 0.496 e. The van der Waals surface area contributed by atoms with E-state index in [1.807, 2.05) is 6.07 Å². The molecule has 0 unspecified atom stereocenters. The van der Waals surface area contributed by atoms with Crippen LogP contribution in [0.2, 0.25) is 0 Å². The van der Waals surface area contributed by atoms with Gasteiger partial charge in [0.2, 0.25) is 0 Å². The number of methoxy groups -OCH3 is 1. The van der Waals surface area contributed by atoms with Gasteiger partial charge in [0.1, 0.15) is 5.75 Å². The van der Waals surface area contributed by atoms with Gasteiger partial charge in [-0.2, -0.15) is 0 Å². The quantitative estimate of drug-likeness (QED) is 0.869. The third-order valence-electron chi connectivity index (χ3n) is 5.51. The second kappa shape index (κ2) is 8.32. The molecule has 0 amide bonds. The molecule has 0 bridgehead atoms. The third kappa shape index (κ3) is 4.29. The Morgan fingerprint density at radius 2 is 2.04 bits per heavy atom. The van der Waals surface area contributed by atoms with Crippen molar-refractivity contribution in [3.8, 4) is 5.75 Å². The molecule has 4 nitrogen and oxygen atoms in total. The monoisotopic (exact) mass is 333 g/mol. The lowest BCUT2D eigenvalue weighted by Crippen LogP contribution is -2.46. The minimum atomic E-state index is -0.144. The van der Waals surface area contributed by atoms with Gasteiger partial charge in [-0.25, -0.2) is 0 Å². The average molecular weight is 333 g/mol. The summed E-state index contributed by atoms with van der Waals surface area (Å²) in [5.74, 6) is 0.944. The van der Waals surface area contributed by atoms with E-state index in [-0.39, 0.29) is 6.10 Å². The van der Waals surface area contributed by atoms with Crippen LogP contribution in [0.3, 0.4) is 0 Å². The van der Waals surface area contributed by atoms with Crippen LogP contribution in [-0.4, -0.2) is 55.1 Å². The molecule has 1 aliphatic heterocycles. The first kappa shape index (κ1) is 17.7. The molecule has 2 fully saturated rings. The number of likely N-dealkylation sites (tertiary alicyclic amines) is 1. The lowest BCUT2D eigenvalue weighted by molar-refractivity contribution is -0.0316. The molecule has 1 saturated heterocycles. The summed E-state index contributed by atoms with van der Waals surface area (Å²) in [7, 11) is 1.71. The zero-order valence-electron chi connectivity index (χ0n) is 15.0. The smallest absolute Gasteiger partial charge is 0.121 e. The van der Waals surface area contributed by atoms with Crippen molar-refractivity contribution < 1.29 is 14.6 Å². The maximum atomic E-state index is 9.82. The molecule has 4 heteroatoms. The number of benzene rings is 1. The minimum absolute atomic E-state index is 0.144. The number of hydrogen-bond donors (Lipinski definition) is 1. The van der Waals surface area contributed by atoms with Gasteiger partial charge in [0.15, 0.2) is 0 Å². The number of β-amino-alcohol motifs (C(OH)–C–C–N with tert-alkyl or cyclic N) is 1. The number of aryl methyl sites for hydroxylation is 1. The lowest BCUT2D eigenvalue weighted by Gasteiger charge is -2.37. The van der Waals surface area contributed by atoms with Crippen LogP contribution in [0.4, 0.5) is 0 Å². The van der Waals surface area contributed by atoms with Crippen LogP contribution in [0.1, 0.15) is 43.2 Å². The SMILES string of the molecule is COc1ccc(CCO[C@H]2CCCC[C@@H]2N2CC[C@@H](O)C2)cc1C. The normalized spacial score (nSPS) is 28.2. The minimum Gasteiger partial charge on any atom is -0.496 e. The number of ether oxygens (including phenoxy) is 2. The maximum absolute atomic E-state index is 9.82. The van der Waals surface area contributed by atoms with Crippen molar-refractivity contribution in [1.82, 2.24) is 4.90 Å². The van der Waals surface area contributed by atoms with E-state index in [9.17, 15) is 5.11 Å². The van der Waals surface area contributed by atoms with Gasteiger partial charge < -0.3 is 14.6 Å². The summed E-state index contributed by atoms with van der Waals surface area (Å²) in [6.07, 6.45) is 6.94. The summed E-state index contributed by atoms with van der Waals surface area (Å²) in [6, 6.07) is 6.86. The van der Waals surface area contributed by atoms with Crippen molar-refractivity contribution >= 4 is 0 Å². The summed E-state index contributed by atoms with van der Waals surface area (Å²) in [6.45, 7) is 4.69. The Kier molecular flexibility index (Phi) is 6.14. The maximum Gasteiger partial charge on any atom is 0.121 e. The highest BCUT2D eigenvalue weighted by atomic mass is 16.5. The molecule has 1 N–H and O–H groups in total. The number of nitrogens with zero attached hydrogens (tertiary/aromatic N) is 1. The number of aliphatic hydroxyl groups excluding tert-OH is 1. The molecule has 3 atom stereocenters. The molecule has 24 heavy (non-hydrogen) atoms. The predicted octanol–water partition coefficient (Wildman–Crippen LogP) is 2.94. The van der Waals surface area contributed by atoms with Crippen LogP contribution in [0, 0.1) is 6.92 Å². The molecule has 0 spiro atoms. The summed E-state index contributed by atoms with van der Waals surface area (Å²) in [4.78, 5) is 2.45. The van der Waals surface area contributed by atoms with Gasteiger partial charge in [-0.05, 0) is 49.8 Å². The van der Waals surface area contributed by atoms with Crippen molar-refractivity contribution in [3.05, 3.63) is 29.3 Å². The zero-order chi connectivity index (χ0) is 16.9. The summed E-state index contributed by atoms with van der Waals surface area (Å²) in [5.41, 5.74) is 2.48. The fourth-order valence-corrected chi connectivity index (χ4v) is 4.18. The highest BCUT2D eigenvalue weighted by Crippen LogP contribution is 2.28. The molecule has 1 saturated carbocycles. The Morgan fingerprint density at radius 3 is 2.75 bits per heavy atom. The van der Waals surface area contributed by atoms with Gasteiger partial charge in [-0.15, -0.1) is 0 Å². The van der Waals surface area contributed by atoms with Crippen molar-refractivity contribution in [1.29, 1.82) is 0 Å². The van der Waals surface area contributed by atoms with Crippen LogP contribution >= 0.6 is 0 Å². The molecule has 1 aromatic rings. The highest BCUT2D eigenvalue weighted by molar-refractivity contribution is 5.36. The van der Waals surface area contributed by atoms with E-state index < -0.39 is 0 Å². The van der Waals surface area contributed by atoms with Crippen molar-refractivity contribution in [2.24, 2.45) is 0 Å². The third-order valence-corrected chi connectivity index (χ3v) is 5.51. The van der Waals surface area contributed by atoms with E-state index >= 15 is 0 Å². The van der Waals surface area contributed by atoms with E-state index in [0.29, 0.717) is 12.1 Å². The van der Waals surface area contributed by atoms with Crippen molar-refractivity contribution in [2.45, 2.75) is 63.7 Å². The molecule has 0 aromatic heterocycles. The first-order chi connectivity index (χ1) is 11.7. The number of hydrogen-bond acceptors (Lipinski definition) is 4. The fourth-order valence-electron chi connectivity index (χ4n) is 4.18. The Balaban J connectivity index is 1.51. The Labute approximate surface area is 145 Å². The molecule has 1 aromatic carbocycles. The van der Waals surface area contributed by atoms with Gasteiger partial charge in [-0.3, -0.25) is 4.90 Å². The zero-order valence-corrected chi connectivity index (χ0v) is 15.0. The van der Waals surface area contributed by atoms with Crippen LogP contribution in [0.5, 0.6) is 5.75 Å². The van der Waals surface area contributed by atoms with Gasteiger partial charge in [0.05, 0.1) is 25.9 Å². The van der Waals surface area contributed by atoms with Crippen molar-refractivity contribution in [2.75, 3.05) is 26.8 Å². The predicted molar refractivity (Wildman–Crippen MR) is 95.6 cm³/mol. The average Bonchev–Trinajstić information content (AvgIpc) is 3.02. The van der Waals surface area contributed by atoms with Crippen molar-refractivity contribution in [3.63, 3.8) is 0 Å². The fraction of sp³-hybridized carbons (Fsp3) is 0.700. The van der Waals surface area contributed by atoms with Gasteiger partial charge in [0, 0.05) is 19.1 Å². The second-order valence-corrected chi connectivity index (χ2v) is 7.25. The Bertz CT molecular complexity index is 534. The topological polar surface area (TPSA) is 41.9 Å². The molecule has 134 valence electrons. The van der Waals surface area contributed by atoms with E-state index in [0.717, 1.165) is 44.7 Å². The van der Waals surface area contributed by atoms with Gasteiger partial charge >= 0.3 is 0 Å². The first-order valence-corrected chi connectivity index (χ1v) is 9.34. The summed E-state index contributed by atoms with van der Waals surface area (Å²) < 4.78 is 11.6. The van der Waals surface area contributed by atoms with Crippen LogP contribution in [0.15, 0.2) is 18.2 Å². The van der Waals surface area contributed by atoms with E-state index in [1.54, 1.807) is 7.11 Å². The summed E-state index contributed by atoms with van der Waals surface area (Å²) >= 11 is 0. The van der Waals surface area contributed by atoms with Crippen LogP contribution in [-0.2, 0) is 11.2 Å². The second-order valence-electron chi connectivity index (χ2n) is 7.25. The van der Waals surface area contributed by atoms with E-state index in [4.69, 9.17) is 9.47 Å². The van der Waals surface area contributed by atoms with Crippen LogP contribution in [0.25, 0.3) is 0 Å². The molecular weight excluding hydrogens is 302 g/mol. The van der Waals surface area contributed by atoms with Crippen LogP contribution < -0.4 is 4.74 Å². The van der Waals surface area contributed by atoms with E-state index in [2.05, 4.69) is 24.0 Å². The molecule has 0 radical (unpaired) electrons. The molecule has 2 aliphatic rings.